The van der Waals surface area contributed by atoms with Crippen LogP contribution in [0.4, 0.5) is 0 Å². The van der Waals surface area contributed by atoms with E-state index in [4.69, 9.17) is 0 Å². The van der Waals surface area contributed by atoms with Crippen LogP contribution in [-0.4, -0.2) is 0 Å². The molecule has 0 unspecified atom stereocenters. The molecule has 156 valence electrons. The Hall–Kier alpha value is -3.90. The number of benzene rings is 5. The van der Waals surface area contributed by atoms with Gasteiger partial charge < -0.3 is 0 Å². The van der Waals surface area contributed by atoms with Crippen LogP contribution in [0.15, 0.2) is 121 Å². The van der Waals surface area contributed by atoms with E-state index in [9.17, 15) is 0 Å². The van der Waals surface area contributed by atoms with Gasteiger partial charge in [0.1, 0.15) is 0 Å². The van der Waals surface area contributed by atoms with Crippen LogP contribution in [0, 0.1) is 13.8 Å². The molecule has 0 saturated carbocycles. The Bertz CT molecular complexity index is 1300. The van der Waals surface area contributed by atoms with Crippen LogP contribution in [0.1, 0.15) is 22.3 Å². The number of aryl methyl sites for hydroxylation is 2. The van der Waals surface area contributed by atoms with Crippen LogP contribution in [0.25, 0.3) is 34.1 Å². The molecule has 5 rings (SSSR count). The Balaban J connectivity index is 0.000000300. The molecular formula is C32H28. The van der Waals surface area contributed by atoms with Crippen LogP contribution in [0.3, 0.4) is 0 Å². The highest BCUT2D eigenvalue weighted by Gasteiger charge is 2.00. The third-order valence-corrected chi connectivity index (χ3v) is 5.46. The van der Waals surface area contributed by atoms with Crippen molar-refractivity contribution >= 4 is 22.9 Å². The van der Waals surface area contributed by atoms with E-state index in [-0.39, 0.29) is 0 Å². The van der Waals surface area contributed by atoms with Crippen molar-refractivity contribution in [1.82, 2.24) is 0 Å². The average molecular weight is 413 g/mol. The summed E-state index contributed by atoms with van der Waals surface area (Å²) in [5.74, 6) is 0. The van der Waals surface area contributed by atoms with Gasteiger partial charge >= 0.3 is 0 Å². The van der Waals surface area contributed by atoms with Gasteiger partial charge in [0.25, 0.3) is 0 Å². The molecule has 0 aliphatic carbocycles. The first-order valence-corrected chi connectivity index (χ1v) is 11.0. The molecule has 0 fully saturated rings. The van der Waals surface area contributed by atoms with Gasteiger partial charge in [0.05, 0.1) is 0 Å². The maximum Gasteiger partial charge on any atom is -0.0177 e. The molecule has 0 heteroatoms. The summed E-state index contributed by atoms with van der Waals surface area (Å²) >= 11 is 0. The van der Waals surface area contributed by atoms with Gasteiger partial charge in [-0.05, 0) is 59.0 Å². The molecule has 0 aliphatic rings. The number of rotatable bonds is 3. The molecule has 0 radical (unpaired) electrons. The highest BCUT2D eigenvalue weighted by Crippen LogP contribution is 2.25. The highest BCUT2D eigenvalue weighted by atomic mass is 14.0. The van der Waals surface area contributed by atoms with Gasteiger partial charge in [0, 0.05) is 0 Å². The zero-order valence-corrected chi connectivity index (χ0v) is 18.7. The summed E-state index contributed by atoms with van der Waals surface area (Å²) < 4.78 is 0. The Morgan fingerprint density at radius 1 is 0.406 bits per heavy atom. The predicted octanol–water partition coefficient (Wildman–Crippen LogP) is 8.98. The minimum absolute atomic E-state index is 1.22. The first-order valence-electron chi connectivity index (χ1n) is 11.0. The molecule has 0 bridgehead atoms. The topological polar surface area (TPSA) is 0 Å². The van der Waals surface area contributed by atoms with E-state index in [0.717, 1.165) is 0 Å². The van der Waals surface area contributed by atoms with E-state index >= 15 is 0 Å². The van der Waals surface area contributed by atoms with Crippen molar-refractivity contribution in [1.29, 1.82) is 0 Å². The third kappa shape index (κ3) is 5.83. The van der Waals surface area contributed by atoms with Crippen molar-refractivity contribution in [2.24, 2.45) is 0 Å². The molecule has 0 atom stereocenters. The first kappa shape index (κ1) is 21.3. The SMILES string of the molecule is Cc1ccc(/C=C/c2ccc3cc(-c4ccccc4)ccc3c2)cc1.Cc1ccccc1. The normalized spacial score (nSPS) is 10.7. The van der Waals surface area contributed by atoms with Crippen LogP contribution in [0.5, 0.6) is 0 Å². The van der Waals surface area contributed by atoms with E-state index in [1.54, 1.807) is 0 Å². The van der Waals surface area contributed by atoms with E-state index in [2.05, 4.69) is 129 Å². The molecule has 0 N–H and O–H groups in total. The molecule has 0 aromatic heterocycles. The zero-order chi connectivity index (χ0) is 22.2. The molecule has 5 aromatic carbocycles. The first-order chi connectivity index (χ1) is 15.7. The lowest BCUT2D eigenvalue weighted by molar-refractivity contribution is 1.46. The number of fused-ring (bicyclic) bond motifs is 1. The molecule has 0 saturated heterocycles. The molecule has 0 heterocycles. The maximum absolute atomic E-state index is 2.26. The summed E-state index contributed by atoms with van der Waals surface area (Å²) in [6.45, 7) is 4.19. The minimum atomic E-state index is 1.22. The highest BCUT2D eigenvalue weighted by molar-refractivity contribution is 5.89. The van der Waals surface area contributed by atoms with E-state index in [1.165, 1.54) is 44.2 Å². The zero-order valence-electron chi connectivity index (χ0n) is 18.7. The standard InChI is InChI=1S/C25H20.C7H8/c1-19-7-9-20(10-8-19)11-12-21-13-14-25-18-24(16-15-23(25)17-21)22-5-3-2-4-6-22;1-7-5-3-2-4-6-7/h2-18H,1H3;2-6H,1H3/b12-11+;. The van der Waals surface area contributed by atoms with Crippen molar-refractivity contribution in [2.75, 3.05) is 0 Å². The second-order valence-electron chi connectivity index (χ2n) is 8.09. The fourth-order valence-corrected chi connectivity index (χ4v) is 3.58. The summed E-state index contributed by atoms with van der Waals surface area (Å²) in [5.41, 5.74) is 7.58. The monoisotopic (exact) mass is 412 g/mol. The molecule has 0 amide bonds. The van der Waals surface area contributed by atoms with E-state index in [1.807, 2.05) is 18.2 Å². The van der Waals surface area contributed by atoms with Gasteiger partial charge in [-0.25, -0.2) is 0 Å². The van der Waals surface area contributed by atoms with Gasteiger partial charge in [0.2, 0.25) is 0 Å². The summed E-state index contributed by atoms with van der Waals surface area (Å²) in [4.78, 5) is 0. The van der Waals surface area contributed by atoms with Crippen molar-refractivity contribution in [3.8, 4) is 11.1 Å². The molecular weight excluding hydrogens is 384 g/mol. The van der Waals surface area contributed by atoms with Crippen LogP contribution in [-0.2, 0) is 0 Å². The summed E-state index contributed by atoms with van der Waals surface area (Å²) in [6.07, 6.45) is 4.34. The quantitative estimate of drug-likeness (QED) is 0.259. The van der Waals surface area contributed by atoms with E-state index in [0.29, 0.717) is 0 Å². The lowest BCUT2D eigenvalue weighted by atomic mass is 10.00. The fourth-order valence-electron chi connectivity index (χ4n) is 3.58. The maximum atomic E-state index is 2.26. The third-order valence-electron chi connectivity index (χ3n) is 5.46. The van der Waals surface area contributed by atoms with Gasteiger partial charge in [0.15, 0.2) is 0 Å². The van der Waals surface area contributed by atoms with Crippen molar-refractivity contribution in [3.05, 3.63) is 144 Å². The van der Waals surface area contributed by atoms with Gasteiger partial charge in [-0.3, -0.25) is 0 Å². The number of hydrogen-bond acceptors (Lipinski definition) is 0. The van der Waals surface area contributed by atoms with Gasteiger partial charge in [-0.15, -0.1) is 0 Å². The molecule has 0 aliphatic heterocycles. The molecule has 0 nitrogen and oxygen atoms in total. The van der Waals surface area contributed by atoms with Crippen LogP contribution in [0.2, 0.25) is 0 Å². The smallest absolute Gasteiger partial charge is 0.0177 e. The molecule has 0 spiro atoms. The van der Waals surface area contributed by atoms with E-state index < -0.39 is 0 Å². The molecule has 5 aromatic rings. The van der Waals surface area contributed by atoms with Crippen molar-refractivity contribution in [2.45, 2.75) is 13.8 Å². The average Bonchev–Trinajstić information content (AvgIpc) is 2.85. The Morgan fingerprint density at radius 2 is 0.938 bits per heavy atom. The fraction of sp³-hybridized carbons (Fsp3) is 0.0625. The lowest BCUT2D eigenvalue weighted by Crippen LogP contribution is -1.80. The lowest BCUT2D eigenvalue weighted by Gasteiger charge is -2.05. The Kier molecular flexibility index (Phi) is 6.94. The van der Waals surface area contributed by atoms with Crippen molar-refractivity contribution < 1.29 is 0 Å². The molecule has 32 heavy (non-hydrogen) atoms. The largest absolute Gasteiger partial charge is 0.0622 e. The summed E-state index contributed by atoms with van der Waals surface area (Å²) in [7, 11) is 0. The summed E-state index contributed by atoms with van der Waals surface area (Å²) in [5, 5.41) is 2.54. The number of hydrogen-bond donors (Lipinski definition) is 0. The van der Waals surface area contributed by atoms with Crippen LogP contribution < -0.4 is 0 Å². The van der Waals surface area contributed by atoms with Crippen molar-refractivity contribution in [3.63, 3.8) is 0 Å². The Labute approximate surface area is 191 Å². The summed E-state index contributed by atoms with van der Waals surface area (Å²) in [6, 6.07) is 42.7. The van der Waals surface area contributed by atoms with Crippen LogP contribution >= 0.6 is 0 Å². The minimum Gasteiger partial charge on any atom is -0.0622 e. The second kappa shape index (κ2) is 10.4. The predicted molar refractivity (Wildman–Crippen MR) is 141 cm³/mol. The second-order valence-corrected chi connectivity index (χ2v) is 8.09. The van der Waals surface area contributed by atoms with Gasteiger partial charge in [-0.2, -0.15) is 0 Å². The van der Waals surface area contributed by atoms with Gasteiger partial charge in [-0.1, -0.05) is 132 Å². The Morgan fingerprint density at radius 3 is 1.59 bits per heavy atom.